The Morgan fingerprint density at radius 2 is 2.00 bits per heavy atom. The molecule has 3 heterocycles. The largest absolute Gasteiger partial charge is 0.346 e. The number of rotatable bonds is 4. The second kappa shape index (κ2) is 7.27. The first-order valence-corrected chi connectivity index (χ1v) is 9.68. The molecule has 0 unspecified atom stereocenters. The average molecular weight is 365 g/mol. The van der Waals surface area contributed by atoms with E-state index in [1.54, 1.807) is 0 Å². The number of benzene rings is 1. The van der Waals surface area contributed by atoms with Crippen molar-refractivity contribution in [2.45, 2.75) is 39.3 Å². The normalized spacial score (nSPS) is 22.6. The van der Waals surface area contributed by atoms with Crippen LogP contribution < -0.4 is 10.2 Å². The maximum atomic E-state index is 12.1. The smallest absolute Gasteiger partial charge is 0.246 e. The van der Waals surface area contributed by atoms with Crippen molar-refractivity contribution in [3.05, 3.63) is 47.4 Å². The van der Waals surface area contributed by atoms with Gasteiger partial charge in [0.25, 0.3) is 0 Å². The van der Waals surface area contributed by atoms with Gasteiger partial charge in [0.1, 0.15) is 17.6 Å². The zero-order valence-corrected chi connectivity index (χ0v) is 16.3. The number of aromatic nitrogens is 2. The van der Waals surface area contributed by atoms with Gasteiger partial charge in [-0.2, -0.15) is 0 Å². The number of nitrogens with zero attached hydrogens (tertiary/aromatic N) is 4. The topological polar surface area (TPSA) is 61.4 Å². The molecule has 1 aromatic carbocycles. The van der Waals surface area contributed by atoms with Gasteiger partial charge in [-0.25, -0.2) is 9.97 Å². The summed E-state index contributed by atoms with van der Waals surface area (Å²) in [5, 5.41) is 2.95. The van der Waals surface area contributed by atoms with Crippen LogP contribution in [0.3, 0.4) is 0 Å². The van der Waals surface area contributed by atoms with Gasteiger partial charge in [0.15, 0.2) is 5.82 Å². The Morgan fingerprint density at radius 1 is 1.22 bits per heavy atom. The number of hydrogen-bond acceptors (Lipinski definition) is 5. The van der Waals surface area contributed by atoms with Gasteiger partial charge < -0.3 is 10.2 Å². The van der Waals surface area contributed by atoms with E-state index in [1.165, 1.54) is 12.0 Å². The third kappa shape index (κ3) is 3.67. The Labute approximate surface area is 160 Å². The second-order valence-corrected chi connectivity index (χ2v) is 7.78. The predicted molar refractivity (Wildman–Crippen MR) is 107 cm³/mol. The summed E-state index contributed by atoms with van der Waals surface area (Å²) in [4.78, 5) is 26.0. The van der Waals surface area contributed by atoms with Crippen LogP contribution in [0.5, 0.6) is 0 Å². The number of hydrogen-bond donors (Lipinski definition) is 1. The maximum absolute atomic E-state index is 12.1. The van der Waals surface area contributed by atoms with Crippen LogP contribution in [0.2, 0.25) is 0 Å². The fourth-order valence-corrected chi connectivity index (χ4v) is 4.02. The van der Waals surface area contributed by atoms with E-state index in [-0.39, 0.29) is 11.9 Å². The molecule has 4 rings (SSSR count). The Hall–Kier alpha value is -2.47. The molecule has 0 aliphatic carbocycles. The molecule has 0 radical (unpaired) electrons. The quantitative estimate of drug-likeness (QED) is 0.902. The first-order chi connectivity index (χ1) is 13.0. The molecule has 1 aromatic heterocycles. The Morgan fingerprint density at radius 3 is 2.78 bits per heavy atom. The van der Waals surface area contributed by atoms with Crippen LogP contribution in [0.25, 0.3) is 0 Å². The molecule has 2 aromatic rings. The van der Waals surface area contributed by atoms with E-state index in [0.717, 1.165) is 49.1 Å². The molecule has 0 saturated carbocycles. The Bertz CT molecular complexity index is 838. The van der Waals surface area contributed by atoms with Crippen LogP contribution in [0.15, 0.2) is 30.3 Å². The summed E-state index contributed by atoms with van der Waals surface area (Å²) in [6.07, 6.45) is 2.06. The highest BCUT2D eigenvalue weighted by molar-refractivity contribution is 6.02. The van der Waals surface area contributed by atoms with Crippen molar-refractivity contribution in [3.63, 3.8) is 0 Å². The van der Waals surface area contributed by atoms with E-state index < -0.39 is 0 Å². The fraction of sp³-hybridized carbons (Fsp3) is 0.476. The first kappa shape index (κ1) is 17.9. The van der Waals surface area contributed by atoms with Crippen molar-refractivity contribution >= 4 is 17.4 Å². The van der Waals surface area contributed by atoms with Crippen LogP contribution in [0.1, 0.15) is 30.4 Å². The minimum absolute atomic E-state index is 0.00297. The molecule has 6 nitrogen and oxygen atoms in total. The third-order valence-corrected chi connectivity index (χ3v) is 5.75. The number of anilines is 2. The van der Waals surface area contributed by atoms with Crippen molar-refractivity contribution in [2.75, 3.05) is 30.4 Å². The summed E-state index contributed by atoms with van der Waals surface area (Å²) in [5.74, 6) is 2.29. The van der Waals surface area contributed by atoms with Crippen molar-refractivity contribution in [1.82, 2.24) is 14.9 Å². The monoisotopic (exact) mass is 365 g/mol. The summed E-state index contributed by atoms with van der Waals surface area (Å²) >= 11 is 0. The van der Waals surface area contributed by atoms with Crippen LogP contribution >= 0.6 is 0 Å². The highest BCUT2D eigenvalue weighted by Crippen LogP contribution is 2.32. The number of likely N-dealkylation sites (N-methyl/N-ethyl adjacent to an activating group) is 1. The third-order valence-electron chi connectivity index (χ3n) is 5.75. The summed E-state index contributed by atoms with van der Waals surface area (Å²) in [6, 6.07) is 10.4. The zero-order valence-electron chi connectivity index (χ0n) is 16.3. The molecule has 1 saturated heterocycles. The minimum Gasteiger partial charge on any atom is -0.346 e. The first-order valence-electron chi connectivity index (χ1n) is 9.68. The standard InChI is InChI=1S/C21H27N5O/c1-14-19-20(25(3)15(2)21(27)24-19)23-18(22-14)11-17-9-10-26(13-17)12-16-7-5-4-6-8-16/h4-8,15,17H,9-13H2,1-3H3,(H,24,27)/t15-,17-/m0/s1. The van der Waals surface area contributed by atoms with Gasteiger partial charge in [-0.1, -0.05) is 30.3 Å². The van der Waals surface area contributed by atoms with Gasteiger partial charge in [-0.05, 0) is 38.3 Å². The molecule has 142 valence electrons. The number of nitrogens with one attached hydrogen (secondary N) is 1. The Balaban J connectivity index is 1.45. The second-order valence-electron chi connectivity index (χ2n) is 7.78. The number of fused-ring (bicyclic) bond motifs is 1. The molecule has 1 fully saturated rings. The summed E-state index contributed by atoms with van der Waals surface area (Å²) < 4.78 is 0. The van der Waals surface area contributed by atoms with Gasteiger partial charge in [-0.15, -0.1) is 0 Å². The minimum atomic E-state index is -0.215. The molecule has 1 N–H and O–H groups in total. The number of carbonyl (C=O) groups is 1. The van der Waals surface area contributed by atoms with Crippen molar-refractivity contribution in [3.8, 4) is 0 Å². The lowest BCUT2D eigenvalue weighted by Gasteiger charge is -2.32. The van der Waals surface area contributed by atoms with E-state index >= 15 is 0 Å². The van der Waals surface area contributed by atoms with Gasteiger partial charge in [0.05, 0.1) is 5.69 Å². The van der Waals surface area contributed by atoms with E-state index in [1.807, 2.05) is 25.8 Å². The zero-order chi connectivity index (χ0) is 19.0. The van der Waals surface area contributed by atoms with Gasteiger partial charge in [-0.3, -0.25) is 9.69 Å². The van der Waals surface area contributed by atoms with Crippen LogP contribution in [0.4, 0.5) is 11.5 Å². The molecule has 2 atom stereocenters. The molecular formula is C21H27N5O. The summed E-state index contributed by atoms with van der Waals surface area (Å²) in [7, 11) is 1.93. The van der Waals surface area contributed by atoms with E-state index in [4.69, 9.17) is 4.98 Å². The number of amides is 1. The lowest BCUT2D eigenvalue weighted by atomic mass is 10.0. The van der Waals surface area contributed by atoms with E-state index in [9.17, 15) is 4.79 Å². The van der Waals surface area contributed by atoms with Crippen molar-refractivity contribution < 1.29 is 4.79 Å². The van der Waals surface area contributed by atoms with Crippen molar-refractivity contribution in [1.29, 1.82) is 0 Å². The SMILES string of the molecule is Cc1nc(C[C@@H]2CCN(Cc3ccccc3)C2)nc2c1NC(=O)[C@H](C)N2C. The van der Waals surface area contributed by atoms with Crippen LogP contribution in [-0.4, -0.2) is 47.0 Å². The molecule has 2 aliphatic heterocycles. The Kier molecular flexibility index (Phi) is 4.83. The van der Waals surface area contributed by atoms with E-state index in [0.29, 0.717) is 5.92 Å². The lowest BCUT2D eigenvalue weighted by Crippen LogP contribution is -2.45. The molecule has 0 spiro atoms. The predicted octanol–water partition coefficient (Wildman–Crippen LogP) is 2.63. The molecule has 2 aliphatic rings. The molecule has 27 heavy (non-hydrogen) atoms. The maximum Gasteiger partial charge on any atom is 0.246 e. The van der Waals surface area contributed by atoms with Gasteiger partial charge in [0, 0.05) is 26.6 Å². The fourth-order valence-electron chi connectivity index (χ4n) is 4.02. The molecule has 0 bridgehead atoms. The number of likely N-dealkylation sites (tertiary alicyclic amines) is 1. The highest BCUT2D eigenvalue weighted by atomic mass is 16.2. The van der Waals surface area contributed by atoms with Gasteiger partial charge >= 0.3 is 0 Å². The van der Waals surface area contributed by atoms with E-state index in [2.05, 4.69) is 45.5 Å². The van der Waals surface area contributed by atoms with Crippen LogP contribution in [0, 0.1) is 12.8 Å². The average Bonchev–Trinajstić information content (AvgIpc) is 3.08. The molecular weight excluding hydrogens is 338 g/mol. The number of carbonyl (C=O) groups excluding carboxylic acids is 1. The molecule has 1 amide bonds. The van der Waals surface area contributed by atoms with Crippen molar-refractivity contribution in [2.24, 2.45) is 5.92 Å². The molecule has 6 heteroatoms. The summed E-state index contributed by atoms with van der Waals surface area (Å²) in [6.45, 7) is 7.06. The number of aryl methyl sites for hydroxylation is 1. The summed E-state index contributed by atoms with van der Waals surface area (Å²) in [5.41, 5.74) is 2.97. The highest BCUT2D eigenvalue weighted by Gasteiger charge is 2.31. The lowest BCUT2D eigenvalue weighted by molar-refractivity contribution is -0.117. The van der Waals surface area contributed by atoms with Gasteiger partial charge in [0.2, 0.25) is 5.91 Å². The van der Waals surface area contributed by atoms with Crippen LogP contribution in [-0.2, 0) is 17.8 Å².